The van der Waals surface area contributed by atoms with Crippen molar-refractivity contribution < 1.29 is 24.2 Å². The summed E-state index contributed by atoms with van der Waals surface area (Å²) in [5.41, 5.74) is 5.18. The van der Waals surface area contributed by atoms with E-state index in [0.29, 0.717) is 23.7 Å². The van der Waals surface area contributed by atoms with E-state index in [9.17, 15) is 14.4 Å². The number of benzene rings is 2. The number of aromatic nitrogens is 1. The van der Waals surface area contributed by atoms with Crippen LogP contribution in [0.15, 0.2) is 53.9 Å². The van der Waals surface area contributed by atoms with Gasteiger partial charge in [-0.15, -0.1) is 11.3 Å². The first-order valence-corrected chi connectivity index (χ1v) is 12.4. The SMILES string of the molecule is O=C(O)Cc1csc(CNC(=O)[C@@H]2C[C@@H]2CNC(=O)OCC2c3ccccc3-c3ccccc32)n1. The van der Waals surface area contributed by atoms with E-state index in [2.05, 4.69) is 39.9 Å². The van der Waals surface area contributed by atoms with Crippen LogP contribution >= 0.6 is 11.3 Å². The van der Waals surface area contributed by atoms with Gasteiger partial charge in [0.2, 0.25) is 5.91 Å². The zero-order valence-electron chi connectivity index (χ0n) is 18.9. The third-order valence-electron chi connectivity index (χ3n) is 6.46. The molecule has 0 unspecified atom stereocenters. The van der Waals surface area contributed by atoms with E-state index in [1.54, 1.807) is 5.38 Å². The number of carbonyl (C=O) groups is 3. The molecule has 2 aromatic carbocycles. The summed E-state index contributed by atoms with van der Waals surface area (Å²) in [7, 11) is 0. The van der Waals surface area contributed by atoms with Gasteiger partial charge in [0.25, 0.3) is 0 Å². The van der Waals surface area contributed by atoms with Crippen molar-refractivity contribution in [3.63, 3.8) is 0 Å². The van der Waals surface area contributed by atoms with Crippen molar-refractivity contribution in [2.45, 2.75) is 25.3 Å². The number of carbonyl (C=O) groups excluding carboxylic acids is 2. The summed E-state index contributed by atoms with van der Waals surface area (Å²) in [6, 6.07) is 16.4. The molecule has 1 aromatic heterocycles. The number of fused-ring (bicyclic) bond motifs is 3. The van der Waals surface area contributed by atoms with Gasteiger partial charge < -0.3 is 20.5 Å². The number of rotatable bonds is 9. The van der Waals surface area contributed by atoms with Crippen molar-refractivity contribution in [3.05, 3.63) is 75.7 Å². The quantitative estimate of drug-likeness (QED) is 0.421. The Kier molecular flexibility index (Phi) is 6.50. The summed E-state index contributed by atoms with van der Waals surface area (Å²) < 4.78 is 5.55. The number of nitrogens with zero attached hydrogens (tertiary/aromatic N) is 1. The summed E-state index contributed by atoms with van der Waals surface area (Å²) in [6.45, 7) is 0.910. The lowest BCUT2D eigenvalue weighted by Gasteiger charge is -2.14. The van der Waals surface area contributed by atoms with Crippen molar-refractivity contribution >= 4 is 29.3 Å². The molecule has 2 amide bonds. The number of nitrogens with one attached hydrogen (secondary N) is 2. The zero-order valence-corrected chi connectivity index (χ0v) is 19.7. The van der Waals surface area contributed by atoms with Gasteiger partial charge in [-0.2, -0.15) is 0 Å². The molecular weight excluding hydrogens is 466 g/mol. The first-order valence-electron chi connectivity index (χ1n) is 11.5. The monoisotopic (exact) mass is 491 g/mol. The number of alkyl carbamates (subject to hydrolysis) is 1. The second kappa shape index (κ2) is 9.87. The Balaban J connectivity index is 1.05. The molecule has 2 aliphatic carbocycles. The van der Waals surface area contributed by atoms with Crippen LogP contribution in [0.4, 0.5) is 4.79 Å². The van der Waals surface area contributed by atoms with Crippen LogP contribution in [-0.4, -0.2) is 41.2 Å². The second-order valence-corrected chi connectivity index (χ2v) is 9.77. The molecule has 180 valence electrons. The molecule has 1 saturated carbocycles. The first kappa shape index (κ1) is 23.0. The van der Waals surface area contributed by atoms with Gasteiger partial charge in [-0.1, -0.05) is 48.5 Å². The van der Waals surface area contributed by atoms with Gasteiger partial charge in [-0.3, -0.25) is 9.59 Å². The lowest BCUT2D eigenvalue weighted by Crippen LogP contribution is -2.30. The van der Waals surface area contributed by atoms with Gasteiger partial charge in [0, 0.05) is 23.8 Å². The van der Waals surface area contributed by atoms with E-state index >= 15 is 0 Å². The van der Waals surface area contributed by atoms with Gasteiger partial charge in [0.05, 0.1) is 18.7 Å². The molecule has 1 heterocycles. The molecule has 0 aliphatic heterocycles. The smallest absolute Gasteiger partial charge is 0.407 e. The lowest BCUT2D eigenvalue weighted by atomic mass is 9.98. The number of ether oxygens (including phenoxy) is 1. The maximum absolute atomic E-state index is 12.4. The van der Waals surface area contributed by atoms with E-state index in [1.165, 1.54) is 22.5 Å². The molecular formula is C26H25N3O5S. The van der Waals surface area contributed by atoms with Gasteiger partial charge >= 0.3 is 12.1 Å². The van der Waals surface area contributed by atoms with Crippen LogP contribution in [0.25, 0.3) is 11.1 Å². The molecule has 1 fully saturated rings. The van der Waals surface area contributed by atoms with Crippen LogP contribution in [-0.2, 0) is 27.3 Å². The van der Waals surface area contributed by atoms with Crippen molar-refractivity contribution in [2.75, 3.05) is 13.2 Å². The molecule has 8 nitrogen and oxygen atoms in total. The lowest BCUT2D eigenvalue weighted by molar-refractivity contribution is -0.136. The average molecular weight is 492 g/mol. The van der Waals surface area contributed by atoms with Crippen molar-refractivity contribution in [1.29, 1.82) is 0 Å². The van der Waals surface area contributed by atoms with Gasteiger partial charge in [0.15, 0.2) is 0 Å². The summed E-state index contributed by atoms with van der Waals surface area (Å²) in [5, 5.41) is 16.8. The minimum Gasteiger partial charge on any atom is -0.481 e. The largest absolute Gasteiger partial charge is 0.481 e. The fraction of sp³-hybridized carbons (Fsp3) is 0.308. The van der Waals surface area contributed by atoms with E-state index in [0.717, 1.165) is 11.1 Å². The Labute approximate surface area is 206 Å². The van der Waals surface area contributed by atoms with Gasteiger partial charge in [-0.25, -0.2) is 9.78 Å². The molecule has 9 heteroatoms. The Morgan fingerprint density at radius 3 is 2.40 bits per heavy atom. The Hall–Kier alpha value is -3.72. The summed E-state index contributed by atoms with van der Waals surface area (Å²) >= 11 is 1.33. The average Bonchev–Trinajstić information content (AvgIpc) is 3.39. The highest BCUT2D eigenvalue weighted by atomic mass is 32.1. The minimum atomic E-state index is -0.935. The van der Waals surface area contributed by atoms with E-state index < -0.39 is 12.1 Å². The summed E-state index contributed by atoms with van der Waals surface area (Å²) in [4.78, 5) is 39.7. The molecule has 2 atom stereocenters. The first-order chi connectivity index (χ1) is 17.0. The van der Waals surface area contributed by atoms with Crippen LogP contribution in [0.1, 0.15) is 34.2 Å². The number of hydrogen-bond donors (Lipinski definition) is 3. The predicted octanol–water partition coefficient (Wildman–Crippen LogP) is 3.56. The third-order valence-corrected chi connectivity index (χ3v) is 7.35. The third kappa shape index (κ3) is 5.19. The highest BCUT2D eigenvalue weighted by molar-refractivity contribution is 7.09. The predicted molar refractivity (Wildman–Crippen MR) is 130 cm³/mol. The molecule has 3 aromatic rings. The van der Waals surface area contributed by atoms with E-state index in [-0.39, 0.29) is 43.2 Å². The standard InChI is InChI=1S/C26H25N3O5S/c30-24(31)10-16-14-35-23(29-16)12-27-25(32)21-9-15(21)11-28-26(33)34-13-22-19-7-3-1-5-17(19)18-6-2-4-8-20(18)22/h1-8,14-15,21-22H,9-13H2,(H,27,32)(H,28,33)(H,30,31)/t15-,21-/m1/s1. The van der Waals surface area contributed by atoms with Crippen LogP contribution in [0.5, 0.6) is 0 Å². The van der Waals surface area contributed by atoms with Crippen LogP contribution in [0.3, 0.4) is 0 Å². The molecule has 35 heavy (non-hydrogen) atoms. The minimum absolute atomic E-state index is 0.00877. The number of amides is 2. The van der Waals surface area contributed by atoms with Gasteiger partial charge in [-0.05, 0) is 34.6 Å². The Morgan fingerprint density at radius 2 is 1.71 bits per heavy atom. The molecule has 5 rings (SSSR count). The van der Waals surface area contributed by atoms with Gasteiger partial charge in [0.1, 0.15) is 11.6 Å². The molecule has 0 radical (unpaired) electrons. The second-order valence-electron chi connectivity index (χ2n) is 8.83. The highest BCUT2D eigenvalue weighted by Crippen LogP contribution is 2.44. The fourth-order valence-corrected chi connectivity index (χ4v) is 5.35. The van der Waals surface area contributed by atoms with Crippen molar-refractivity contribution in [1.82, 2.24) is 15.6 Å². The normalized spacial score (nSPS) is 17.8. The van der Waals surface area contributed by atoms with Crippen molar-refractivity contribution in [3.8, 4) is 11.1 Å². The molecule has 0 spiro atoms. The Morgan fingerprint density at radius 1 is 1.03 bits per heavy atom. The van der Waals surface area contributed by atoms with Crippen LogP contribution in [0, 0.1) is 11.8 Å². The maximum Gasteiger partial charge on any atom is 0.407 e. The van der Waals surface area contributed by atoms with Crippen LogP contribution < -0.4 is 10.6 Å². The summed E-state index contributed by atoms with van der Waals surface area (Å²) in [5.74, 6) is -1.08. The highest BCUT2D eigenvalue weighted by Gasteiger charge is 2.43. The molecule has 3 N–H and O–H groups in total. The maximum atomic E-state index is 12.4. The number of thiazole rings is 1. The number of aliphatic carboxylic acids is 1. The molecule has 2 aliphatic rings. The zero-order chi connectivity index (χ0) is 24.4. The summed E-state index contributed by atoms with van der Waals surface area (Å²) in [6.07, 6.45) is 0.0977. The number of carboxylic acids is 1. The topological polar surface area (TPSA) is 118 Å². The fourth-order valence-electron chi connectivity index (χ4n) is 4.62. The van der Waals surface area contributed by atoms with E-state index in [1.807, 2.05) is 24.3 Å². The number of hydrogen-bond acceptors (Lipinski definition) is 6. The molecule has 0 bridgehead atoms. The van der Waals surface area contributed by atoms with Crippen LogP contribution in [0.2, 0.25) is 0 Å². The van der Waals surface area contributed by atoms with Crippen molar-refractivity contribution in [2.24, 2.45) is 11.8 Å². The number of carboxylic acid groups (broad SMARTS) is 1. The molecule has 0 saturated heterocycles. The van der Waals surface area contributed by atoms with E-state index in [4.69, 9.17) is 9.84 Å². The Bertz CT molecular complexity index is 1230.